The molecule has 92 valence electrons. The molecule has 0 amide bonds. The van der Waals surface area contributed by atoms with Crippen LogP contribution in [-0.2, 0) is 0 Å². The van der Waals surface area contributed by atoms with Gasteiger partial charge >= 0.3 is 0 Å². The summed E-state index contributed by atoms with van der Waals surface area (Å²) in [7, 11) is 1.62. The van der Waals surface area contributed by atoms with Crippen molar-refractivity contribution in [3.05, 3.63) is 51.8 Å². The van der Waals surface area contributed by atoms with Gasteiger partial charge in [-0.2, -0.15) is 0 Å². The van der Waals surface area contributed by atoms with Gasteiger partial charge in [0.25, 0.3) is 0 Å². The van der Waals surface area contributed by atoms with Crippen molar-refractivity contribution in [1.29, 1.82) is 0 Å². The van der Waals surface area contributed by atoms with Crippen LogP contribution in [0.2, 0.25) is 0 Å². The van der Waals surface area contributed by atoms with Crippen LogP contribution < -0.4 is 10.1 Å². The molecule has 2 aromatic carbocycles. The summed E-state index contributed by atoms with van der Waals surface area (Å²) in [4.78, 5) is 10.7. The minimum absolute atomic E-state index is 0.369. The molecule has 18 heavy (non-hydrogen) atoms. The molecule has 0 aliphatic heterocycles. The molecule has 0 spiro atoms. The predicted molar refractivity (Wildman–Crippen MR) is 75.9 cm³/mol. The number of nitroso groups, excluding NO2 is 1. The first-order valence-corrected chi connectivity index (χ1v) is 6.06. The van der Waals surface area contributed by atoms with E-state index in [1.165, 1.54) is 0 Å². The van der Waals surface area contributed by atoms with Crippen LogP contribution in [0.4, 0.5) is 17.1 Å². The Kier molecular flexibility index (Phi) is 3.94. The summed E-state index contributed by atoms with van der Waals surface area (Å²) >= 11 is 3.36. The van der Waals surface area contributed by atoms with Gasteiger partial charge in [0, 0.05) is 10.2 Å². The number of halogens is 1. The van der Waals surface area contributed by atoms with Crippen molar-refractivity contribution in [2.24, 2.45) is 5.18 Å². The van der Waals surface area contributed by atoms with Crippen LogP contribution in [0.25, 0.3) is 0 Å². The maximum absolute atomic E-state index is 10.7. The summed E-state index contributed by atoms with van der Waals surface area (Å²) in [5.74, 6) is 0.781. The van der Waals surface area contributed by atoms with E-state index in [0.29, 0.717) is 11.4 Å². The highest BCUT2D eigenvalue weighted by Crippen LogP contribution is 2.31. The molecule has 0 bridgehead atoms. The molecule has 0 fully saturated rings. The van der Waals surface area contributed by atoms with Gasteiger partial charge in [0.15, 0.2) is 0 Å². The number of nitrogens with zero attached hydrogens (tertiary/aromatic N) is 1. The Morgan fingerprint density at radius 3 is 2.50 bits per heavy atom. The zero-order chi connectivity index (χ0) is 13.0. The lowest BCUT2D eigenvalue weighted by Gasteiger charge is -2.09. The van der Waals surface area contributed by atoms with Gasteiger partial charge < -0.3 is 10.1 Å². The molecule has 0 aliphatic carbocycles. The third kappa shape index (κ3) is 2.87. The molecular weight excluding hydrogens is 296 g/mol. The predicted octanol–water partition coefficient (Wildman–Crippen LogP) is 4.60. The Morgan fingerprint density at radius 1 is 1.17 bits per heavy atom. The van der Waals surface area contributed by atoms with Crippen molar-refractivity contribution >= 4 is 33.0 Å². The Labute approximate surface area is 113 Å². The molecular formula is C13H11BrN2O2. The standard InChI is InChI=1S/C13H11BrN2O2/c1-18-11-5-3-10(4-6-11)15-13-8-9(14)2-7-12(13)16-17/h2-8,15H,1H3. The number of ether oxygens (including phenoxy) is 1. The molecule has 5 heteroatoms. The van der Waals surface area contributed by atoms with Gasteiger partial charge in [0.05, 0.1) is 12.8 Å². The molecule has 0 aliphatic rings. The summed E-state index contributed by atoms with van der Waals surface area (Å²) in [5.41, 5.74) is 1.89. The molecule has 0 saturated heterocycles. The van der Waals surface area contributed by atoms with E-state index in [2.05, 4.69) is 26.4 Å². The number of rotatable bonds is 4. The first-order valence-electron chi connectivity index (χ1n) is 5.27. The molecule has 0 unspecified atom stereocenters. The van der Waals surface area contributed by atoms with E-state index in [9.17, 15) is 4.91 Å². The second-order valence-corrected chi connectivity index (χ2v) is 4.52. The summed E-state index contributed by atoms with van der Waals surface area (Å²) in [5, 5.41) is 6.12. The number of methoxy groups -OCH3 is 1. The van der Waals surface area contributed by atoms with Crippen LogP contribution in [-0.4, -0.2) is 7.11 Å². The first-order chi connectivity index (χ1) is 8.72. The highest BCUT2D eigenvalue weighted by Gasteiger charge is 2.04. The molecule has 0 radical (unpaired) electrons. The van der Waals surface area contributed by atoms with E-state index >= 15 is 0 Å². The summed E-state index contributed by atoms with van der Waals surface area (Å²) < 4.78 is 5.96. The average molecular weight is 307 g/mol. The fourth-order valence-electron chi connectivity index (χ4n) is 1.52. The van der Waals surface area contributed by atoms with Crippen molar-refractivity contribution in [2.75, 3.05) is 12.4 Å². The van der Waals surface area contributed by atoms with Crippen LogP contribution in [0.5, 0.6) is 5.75 Å². The van der Waals surface area contributed by atoms with Crippen LogP contribution in [0.3, 0.4) is 0 Å². The SMILES string of the molecule is COc1ccc(Nc2cc(Br)ccc2N=O)cc1. The van der Waals surface area contributed by atoms with Gasteiger partial charge in [-0.25, -0.2) is 0 Å². The fraction of sp³-hybridized carbons (Fsp3) is 0.0769. The molecule has 2 aromatic rings. The third-order valence-electron chi connectivity index (χ3n) is 2.43. The van der Waals surface area contributed by atoms with Crippen molar-refractivity contribution < 1.29 is 4.74 Å². The van der Waals surface area contributed by atoms with E-state index in [1.807, 2.05) is 24.3 Å². The second kappa shape index (κ2) is 5.64. The summed E-state index contributed by atoms with van der Waals surface area (Å²) in [6.07, 6.45) is 0. The van der Waals surface area contributed by atoms with Crippen LogP contribution in [0.15, 0.2) is 52.1 Å². The normalized spacial score (nSPS) is 9.89. The molecule has 2 rings (SSSR count). The molecule has 4 nitrogen and oxygen atoms in total. The topological polar surface area (TPSA) is 50.7 Å². The van der Waals surface area contributed by atoms with Crippen LogP contribution >= 0.6 is 15.9 Å². The molecule has 0 heterocycles. The van der Waals surface area contributed by atoms with Crippen LogP contribution in [0.1, 0.15) is 0 Å². The highest BCUT2D eigenvalue weighted by atomic mass is 79.9. The number of benzene rings is 2. The zero-order valence-corrected chi connectivity index (χ0v) is 11.3. The van der Waals surface area contributed by atoms with Crippen molar-refractivity contribution in [1.82, 2.24) is 0 Å². The van der Waals surface area contributed by atoms with Crippen LogP contribution in [0, 0.1) is 4.91 Å². The maximum Gasteiger partial charge on any atom is 0.131 e. The molecule has 0 atom stereocenters. The summed E-state index contributed by atoms with van der Waals surface area (Å²) in [6.45, 7) is 0. The summed E-state index contributed by atoms with van der Waals surface area (Å²) in [6, 6.07) is 12.7. The molecule has 0 saturated carbocycles. The quantitative estimate of drug-likeness (QED) is 0.840. The van der Waals surface area contributed by atoms with Crippen molar-refractivity contribution in [3.8, 4) is 5.75 Å². The van der Waals surface area contributed by atoms with E-state index in [1.54, 1.807) is 25.3 Å². The largest absolute Gasteiger partial charge is 0.497 e. The Bertz CT molecular complexity index is 555. The smallest absolute Gasteiger partial charge is 0.131 e. The molecule has 0 aromatic heterocycles. The van der Waals surface area contributed by atoms with Crippen molar-refractivity contribution in [3.63, 3.8) is 0 Å². The van der Waals surface area contributed by atoms with Gasteiger partial charge in [-0.1, -0.05) is 15.9 Å². The lowest BCUT2D eigenvalue weighted by molar-refractivity contribution is 0.415. The Balaban J connectivity index is 2.27. The fourth-order valence-corrected chi connectivity index (χ4v) is 1.88. The number of anilines is 2. The van der Waals surface area contributed by atoms with E-state index in [4.69, 9.17) is 4.74 Å². The maximum atomic E-state index is 10.7. The lowest BCUT2D eigenvalue weighted by atomic mass is 10.2. The minimum atomic E-state index is 0.369. The van der Waals surface area contributed by atoms with E-state index in [-0.39, 0.29) is 0 Å². The van der Waals surface area contributed by atoms with Gasteiger partial charge in [0.1, 0.15) is 11.4 Å². The highest BCUT2D eigenvalue weighted by molar-refractivity contribution is 9.10. The minimum Gasteiger partial charge on any atom is -0.497 e. The lowest BCUT2D eigenvalue weighted by Crippen LogP contribution is -1.91. The number of hydrogen-bond donors (Lipinski definition) is 1. The second-order valence-electron chi connectivity index (χ2n) is 3.61. The van der Waals surface area contributed by atoms with Gasteiger partial charge in [0.2, 0.25) is 0 Å². The van der Waals surface area contributed by atoms with E-state index < -0.39 is 0 Å². The van der Waals surface area contributed by atoms with Crippen molar-refractivity contribution in [2.45, 2.75) is 0 Å². The van der Waals surface area contributed by atoms with Gasteiger partial charge in [-0.05, 0) is 47.6 Å². The third-order valence-corrected chi connectivity index (χ3v) is 2.92. The Hall–Kier alpha value is -1.88. The van der Waals surface area contributed by atoms with Gasteiger partial charge in [-0.3, -0.25) is 0 Å². The zero-order valence-electron chi connectivity index (χ0n) is 9.68. The molecule has 1 N–H and O–H groups in total. The number of nitrogens with one attached hydrogen (secondary N) is 1. The van der Waals surface area contributed by atoms with E-state index in [0.717, 1.165) is 15.9 Å². The Morgan fingerprint density at radius 2 is 1.89 bits per heavy atom. The monoisotopic (exact) mass is 306 g/mol. The van der Waals surface area contributed by atoms with Gasteiger partial charge in [-0.15, -0.1) is 4.91 Å². The first kappa shape index (κ1) is 12.6. The average Bonchev–Trinajstić information content (AvgIpc) is 2.40. The number of hydrogen-bond acceptors (Lipinski definition) is 4.